The monoisotopic (exact) mass is 525 g/mol. The maximum Gasteiger partial charge on any atom is 0.263 e. The Labute approximate surface area is 212 Å². The number of carbonyl (C=O) groups excluding carboxylic acids is 1. The highest BCUT2D eigenvalue weighted by molar-refractivity contribution is 7.99. The van der Waals surface area contributed by atoms with Crippen molar-refractivity contribution in [1.29, 1.82) is 10.5 Å². The van der Waals surface area contributed by atoms with E-state index in [0.29, 0.717) is 27.8 Å². The maximum atomic E-state index is 12.5. The number of pyridine rings is 1. The highest BCUT2D eigenvalue weighted by Gasteiger charge is 2.21. The molecular formula is C23H23N7O4S2. The van der Waals surface area contributed by atoms with E-state index in [1.165, 1.54) is 42.1 Å². The molecule has 0 aliphatic heterocycles. The van der Waals surface area contributed by atoms with Crippen LogP contribution in [0.25, 0.3) is 0 Å². The summed E-state index contributed by atoms with van der Waals surface area (Å²) in [6.45, 7) is 5.36. The van der Waals surface area contributed by atoms with Crippen molar-refractivity contribution in [2.75, 3.05) is 21.5 Å². The zero-order valence-electron chi connectivity index (χ0n) is 19.7. The second-order valence-electron chi connectivity index (χ2n) is 7.94. The fourth-order valence-electron chi connectivity index (χ4n) is 3.30. The lowest BCUT2D eigenvalue weighted by atomic mass is 9.94. The van der Waals surface area contributed by atoms with Crippen LogP contribution in [0.2, 0.25) is 0 Å². The first-order valence-electron chi connectivity index (χ1n) is 10.7. The second kappa shape index (κ2) is 11.1. The first-order chi connectivity index (χ1) is 17.1. The van der Waals surface area contributed by atoms with Gasteiger partial charge in [0.1, 0.15) is 28.7 Å². The van der Waals surface area contributed by atoms with E-state index < -0.39 is 10.0 Å². The zero-order valence-corrected chi connectivity index (χ0v) is 21.3. The Bertz CT molecular complexity index is 1470. The molecule has 0 unspecified atom stereocenters. The molecule has 0 bridgehead atoms. The summed E-state index contributed by atoms with van der Waals surface area (Å²) in [6.07, 6.45) is 0.0985. The van der Waals surface area contributed by atoms with E-state index in [9.17, 15) is 23.7 Å². The molecule has 0 aliphatic rings. The third-order valence-electron chi connectivity index (χ3n) is 4.91. The van der Waals surface area contributed by atoms with Crippen molar-refractivity contribution < 1.29 is 17.7 Å². The number of thioether (sulfide) groups is 1. The van der Waals surface area contributed by atoms with Gasteiger partial charge in [0.05, 0.1) is 16.0 Å². The molecule has 0 saturated carbocycles. The molecule has 36 heavy (non-hydrogen) atoms. The molecular weight excluding hydrogens is 502 g/mol. The Kier molecular flexibility index (Phi) is 8.19. The lowest BCUT2D eigenvalue weighted by Gasteiger charge is -2.15. The van der Waals surface area contributed by atoms with Crippen molar-refractivity contribution in [1.82, 2.24) is 10.1 Å². The van der Waals surface area contributed by atoms with E-state index in [1.807, 2.05) is 19.9 Å². The van der Waals surface area contributed by atoms with E-state index in [-0.39, 0.29) is 45.9 Å². The lowest BCUT2D eigenvalue weighted by Crippen LogP contribution is -2.14. The Morgan fingerprint density at radius 2 is 1.86 bits per heavy atom. The van der Waals surface area contributed by atoms with Gasteiger partial charge in [-0.05, 0) is 42.7 Å². The number of nitrogens with two attached hydrogens (primary N) is 1. The first-order valence-corrected chi connectivity index (χ1v) is 13.1. The lowest BCUT2D eigenvalue weighted by molar-refractivity contribution is -0.115. The number of amides is 1. The number of nitriles is 2. The Morgan fingerprint density at radius 3 is 2.42 bits per heavy atom. The van der Waals surface area contributed by atoms with E-state index in [2.05, 4.69) is 26.2 Å². The van der Waals surface area contributed by atoms with Crippen molar-refractivity contribution >= 4 is 45.0 Å². The van der Waals surface area contributed by atoms with Gasteiger partial charge in [-0.25, -0.2) is 13.4 Å². The van der Waals surface area contributed by atoms with Crippen molar-refractivity contribution in [3.63, 3.8) is 0 Å². The van der Waals surface area contributed by atoms with Gasteiger partial charge >= 0.3 is 0 Å². The topological polar surface area (TPSA) is 188 Å². The minimum Gasteiger partial charge on any atom is -0.383 e. The van der Waals surface area contributed by atoms with Crippen molar-refractivity contribution in [3.8, 4) is 12.1 Å². The summed E-state index contributed by atoms with van der Waals surface area (Å²) in [4.78, 5) is 16.6. The Morgan fingerprint density at radius 1 is 1.19 bits per heavy atom. The molecule has 0 spiro atoms. The number of hydrogen-bond acceptors (Lipinski definition) is 10. The summed E-state index contributed by atoms with van der Waals surface area (Å²) in [5, 5.41) is 25.7. The van der Waals surface area contributed by atoms with Crippen LogP contribution in [0.15, 0.2) is 44.8 Å². The van der Waals surface area contributed by atoms with Crippen LogP contribution >= 0.6 is 11.8 Å². The number of carbonyl (C=O) groups is 1. The SMILES string of the molecule is Cc1cc(NS(=O)(=O)c2ccc(NC(=O)CCSc3nc(N)c(C#N)c(C(C)C)c3C#N)cc2)no1. The first kappa shape index (κ1) is 26.5. The standard InChI is InChI=1S/C23H23N7O4S2/c1-13(2)21-17(11-24)22(26)28-23(18(21)12-25)35-9-8-20(31)27-15-4-6-16(7-5-15)36(32,33)30-19-10-14(3)34-29-19/h4-7,10,13H,8-9H2,1-3H3,(H2,26,28)(H,27,31)(H,29,30). The quantitative estimate of drug-likeness (QED) is 0.347. The highest BCUT2D eigenvalue weighted by atomic mass is 32.2. The van der Waals surface area contributed by atoms with Gasteiger partial charge < -0.3 is 15.6 Å². The number of anilines is 3. The predicted molar refractivity (Wildman–Crippen MR) is 135 cm³/mol. The van der Waals surface area contributed by atoms with E-state index in [0.717, 1.165) is 0 Å². The van der Waals surface area contributed by atoms with Crippen LogP contribution in [-0.2, 0) is 14.8 Å². The molecule has 3 rings (SSSR count). The molecule has 3 aromatic rings. The van der Waals surface area contributed by atoms with Gasteiger partial charge in [-0.3, -0.25) is 9.52 Å². The number of benzene rings is 1. The third-order valence-corrected chi connectivity index (χ3v) is 7.26. The van der Waals surface area contributed by atoms with Crippen LogP contribution in [0.1, 0.15) is 48.6 Å². The number of rotatable bonds is 9. The van der Waals surface area contributed by atoms with Crippen molar-refractivity contribution in [3.05, 3.63) is 52.8 Å². The fourth-order valence-corrected chi connectivity index (χ4v) is 5.23. The molecule has 13 heteroatoms. The van der Waals surface area contributed by atoms with Crippen LogP contribution in [-0.4, -0.2) is 30.2 Å². The summed E-state index contributed by atoms with van der Waals surface area (Å²) >= 11 is 1.20. The average Bonchev–Trinajstić information content (AvgIpc) is 3.22. The number of nitrogens with one attached hydrogen (secondary N) is 2. The number of aromatic nitrogens is 2. The zero-order chi connectivity index (χ0) is 26.5. The third kappa shape index (κ3) is 6.13. The minimum atomic E-state index is -3.87. The molecule has 1 aromatic carbocycles. The maximum absolute atomic E-state index is 12.5. The van der Waals surface area contributed by atoms with Gasteiger partial charge in [-0.1, -0.05) is 19.0 Å². The highest BCUT2D eigenvalue weighted by Crippen LogP contribution is 2.33. The average molecular weight is 526 g/mol. The number of nitrogen functional groups attached to an aromatic ring is 1. The van der Waals surface area contributed by atoms with E-state index >= 15 is 0 Å². The Hall–Kier alpha value is -4.07. The Balaban J connectivity index is 1.61. The normalized spacial score (nSPS) is 11.1. The van der Waals surface area contributed by atoms with Crippen LogP contribution in [0.4, 0.5) is 17.3 Å². The predicted octanol–water partition coefficient (Wildman–Crippen LogP) is 3.75. The fraction of sp³-hybridized carbons (Fsp3) is 0.261. The van der Waals surface area contributed by atoms with Crippen molar-refractivity contribution in [2.45, 2.75) is 43.0 Å². The number of aryl methyl sites for hydroxylation is 1. The molecule has 1 amide bonds. The second-order valence-corrected chi connectivity index (χ2v) is 10.7. The van der Waals surface area contributed by atoms with Gasteiger partial charge in [0.2, 0.25) is 5.91 Å². The number of nitrogens with zero attached hydrogens (tertiary/aromatic N) is 4. The van der Waals surface area contributed by atoms with Crippen LogP contribution in [0, 0.1) is 29.6 Å². The minimum absolute atomic E-state index is 0.00817. The molecule has 0 fully saturated rings. The summed E-state index contributed by atoms with van der Waals surface area (Å²) in [7, 11) is -3.87. The summed E-state index contributed by atoms with van der Waals surface area (Å²) < 4.78 is 32.1. The largest absolute Gasteiger partial charge is 0.383 e. The molecule has 186 valence electrons. The van der Waals surface area contributed by atoms with Gasteiger partial charge in [-0.15, -0.1) is 11.8 Å². The van der Waals surface area contributed by atoms with Crippen LogP contribution in [0.5, 0.6) is 0 Å². The number of hydrogen-bond donors (Lipinski definition) is 3. The van der Waals surface area contributed by atoms with Gasteiger partial charge in [0.15, 0.2) is 5.82 Å². The molecule has 4 N–H and O–H groups in total. The molecule has 11 nitrogen and oxygen atoms in total. The summed E-state index contributed by atoms with van der Waals surface area (Å²) in [5.41, 5.74) is 7.37. The van der Waals surface area contributed by atoms with E-state index in [4.69, 9.17) is 10.3 Å². The van der Waals surface area contributed by atoms with Gasteiger partial charge in [0.25, 0.3) is 10.0 Å². The summed E-state index contributed by atoms with van der Waals surface area (Å²) in [6, 6.07) is 11.2. The smallest absolute Gasteiger partial charge is 0.263 e. The van der Waals surface area contributed by atoms with Gasteiger partial charge in [-0.2, -0.15) is 10.5 Å². The summed E-state index contributed by atoms with van der Waals surface area (Å²) in [5.74, 6) is 0.481. The molecule has 0 aliphatic carbocycles. The molecule has 2 aromatic heterocycles. The molecule has 0 atom stereocenters. The molecule has 0 radical (unpaired) electrons. The van der Waals surface area contributed by atoms with Crippen LogP contribution < -0.4 is 15.8 Å². The van der Waals surface area contributed by atoms with Crippen molar-refractivity contribution in [2.24, 2.45) is 0 Å². The molecule has 2 heterocycles. The van der Waals surface area contributed by atoms with Crippen LogP contribution in [0.3, 0.4) is 0 Å². The number of sulfonamides is 1. The van der Waals surface area contributed by atoms with Gasteiger partial charge in [0, 0.05) is 23.9 Å². The van der Waals surface area contributed by atoms with E-state index in [1.54, 1.807) is 6.92 Å². The molecule has 0 saturated heterocycles.